The van der Waals surface area contributed by atoms with E-state index in [1.54, 1.807) is 30.3 Å². The molecule has 0 fully saturated rings. The summed E-state index contributed by atoms with van der Waals surface area (Å²) in [7, 11) is 0. The van der Waals surface area contributed by atoms with Crippen molar-refractivity contribution in [3.63, 3.8) is 0 Å². The van der Waals surface area contributed by atoms with E-state index in [1.165, 1.54) is 18.2 Å². The fourth-order valence-electron chi connectivity index (χ4n) is 1.96. The van der Waals surface area contributed by atoms with Crippen LogP contribution in [0.4, 0.5) is 10.4 Å². The van der Waals surface area contributed by atoms with Gasteiger partial charge in [0, 0.05) is 10.6 Å². The molecule has 3 rings (SSSR count). The second-order valence-corrected chi connectivity index (χ2v) is 5.21. The molecule has 0 atom stereocenters. The zero-order valence-corrected chi connectivity index (χ0v) is 12.5. The first kappa shape index (κ1) is 15.2. The van der Waals surface area contributed by atoms with Crippen LogP contribution in [-0.2, 0) is 11.2 Å². The van der Waals surface area contributed by atoms with Crippen molar-refractivity contribution in [2.45, 2.75) is 6.42 Å². The molecule has 0 aliphatic rings. The van der Waals surface area contributed by atoms with Gasteiger partial charge in [-0.3, -0.25) is 10.1 Å². The Morgan fingerprint density at radius 2 is 1.96 bits per heavy atom. The molecule has 1 heterocycles. The number of halogens is 2. The highest BCUT2D eigenvalue weighted by Crippen LogP contribution is 2.20. The van der Waals surface area contributed by atoms with Crippen molar-refractivity contribution in [2.75, 3.05) is 5.32 Å². The Kier molecular flexibility index (Phi) is 4.34. The van der Waals surface area contributed by atoms with Gasteiger partial charge in [0.2, 0.25) is 11.8 Å². The van der Waals surface area contributed by atoms with Crippen LogP contribution in [0.2, 0.25) is 5.02 Å². The van der Waals surface area contributed by atoms with E-state index in [-0.39, 0.29) is 24.2 Å². The molecule has 1 N–H and O–H groups in total. The van der Waals surface area contributed by atoms with Gasteiger partial charge in [0.1, 0.15) is 5.82 Å². The van der Waals surface area contributed by atoms with E-state index in [2.05, 4.69) is 15.5 Å². The van der Waals surface area contributed by atoms with Crippen LogP contribution in [0, 0.1) is 5.82 Å². The van der Waals surface area contributed by atoms with Crippen molar-refractivity contribution < 1.29 is 13.6 Å². The molecule has 0 bridgehead atoms. The quantitative estimate of drug-likeness (QED) is 0.791. The lowest BCUT2D eigenvalue weighted by Gasteiger charge is -2.01. The summed E-state index contributed by atoms with van der Waals surface area (Å²) in [5, 5.41) is 10.6. The lowest BCUT2D eigenvalue weighted by atomic mass is 10.1. The number of nitrogens with zero attached hydrogens (tertiary/aromatic N) is 2. The Bertz CT molecular complexity index is 833. The topological polar surface area (TPSA) is 68.0 Å². The van der Waals surface area contributed by atoms with E-state index in [4.69, 9.17) is 16.0 Å². The average molecular weight is 332 g/mol. The Balaban J connectivity index is 1.66. The van der Waals surface area contributed by atoms with Crippen LogP contribution in [-0.4, -0.2) is 16.1 Å². The van der Waals surface area contributed by atoms with E-state index in [0.29, 0.717) is 10.6 Å². The van der Waals surface area contributed by atoms with Crippen molar-refractivity contribution in [1.82, 2.24) is 10.2 Å². The molecule has 3 aromatic rings. The molecule has 23 heavy (non-hydrogen) atoms. The normalized spacial score (nSPS) is 10.5. The van der Waals surface area contributed by atoms with Crippen LogP contribution in [0.1, 0.15) is 5.56 Å². The molecule has 2 aromatic carbocycles. The van der Waals surface area contributed by atoms with Gasteiger partial charge >= 0.3 is 6.01 Å². The Morgan fingerprint density at radius 3 is 2.70 bits per heavy atom. The van der Waals surface area contributed by atoms with Crippen molar-refractivity contribution in [3.8, 4) is 11.5 Å². The van der Waals surface area contributed by atoms with E-state index >= 15 is 0 Å². The summed E-state index contributed by atoms with van der Waals surface area (Å²) in [5.74, 6) is -0.581. The first-order chi connectivity index (χ1) is 11.1. The Labute approximate surface area is 136 Å². The predicted molar refractivity (Wildman–Crippen MR) is 83.5 cm³/mol. The Hall–Kier alpha value is -2.73. The van der Waals surface area contributed by atoms with Crippen molar-refractivity contribution >= 4 is 23.5 Å². The van der Waals surface area contributed by atoms with Gasteiger partial charge in [0.15, 0.2) is 0 Å². The number of hydrogen-bond acceptors (Lipinski definition) is 4. The second-order valence-electron chi connectivity index (χ2n) is 4.77. The summed E-state index contributed by atoms with van der Waals surface area (Å²) in [6.07, 6.45) is 0.148. The summed E-state index contributed by atoms with van der Waals surface area (Å²) in [6, 6.07) is 12.6. The van der Waals surface area contributed by atoms with Crippen LogP contribution in [0.25, 0.3) is 11.5 Å². The van der Waals surface area contributed by atoms with E-state index in [1.807, 2.05) is 0 Å². The fraction of sp³-hybridized carbons (Fsp3) is 0.0625. The van der Waals surface area contributed by atoms with Gasteiger partial charge in [-0.15, -0.1) is 5.10 Å². The lowest BCUT2D eigenvalue weighted by Crippen LogP contribution is -2.14. The van der Waals surface area contributed by atoms with Gasteiger partial charge in [-0.2, -0.15) is 0 Å². The minimum Gasteiger partial charge on any atom is -0.403 e. The zero-order valence-electron chi connectivity index (χ0n) is 11.8. The van der Waals surface area contributed by atoms with Crippen molar-refractivity contribution in [3.05, 3.63) is 64.9 Å². The molecular weight excluding hydrogens is 321 g/mol. The van der Waals surface area contributed by atoms with Crippen LogP contribution < -0.4 is 5.32 Å². The minimum atomic E-state index is -0.408. The van der Waals surface area contributed by atoms with Gasteiger partial charge < -0.3 is 4.42 Å². The molecule has 0 aliphatic heterocycles. The highest BCUT2D eigenvalue weighted by molar-refractivity contribution is 6.30. The summed E-state index contributed by atoms with van der Waals surface area (Å²) >= 11 is 5.79. The van der Waals surface area contributed by atoms with E-state index in [9.17, 15) is 9.18 Å². The van der Waals surface area contributed by atoms with Crippen molar-refractivity contribution in [1.29, 1.82) is 0 Å². The molecule has 0 saturated heterocycles. The zero-order chi connectivity index (χ0) is 16.2. The number of amides is 1. The molecule has 7 heteroatoms. The van der Waals surface area contributed by atoms with Gasteiger partial charge in [-0.05, 0) is 35.9 Å². The number of hydrogen-bond donors (Lipinski definition) is 1. The number of benzene rings is 2. The van der Waals surface area contributed by atoms with E-state index in [0.717, 1.165) is 5.56 Å². The third-order valence-corrected chi connectivity index (χ3v) is 3.27. The van der Waals surface area contributed by atoms with Gasteiger partial charge in [0.25, 0.3) is 0 Å². The number of carbonyl (C=O) groups excluding carboxylic acids is 1. The summed E-state index contributed by atoms with van der Waals surface area (Å²) in [6.45, 7) is 0. The van der Waals surface area contributed by atoms with Gasteiger partial charge in [-0.1, -0.05) is 34.9 Å². The summed E-state index contributed by atoms with van der Waals surface area (Å²) in [4.78, 5) is 11.9. The number of rotatable bonds is 4. The largest absolute Gasteiger partial charge is 0.403 e. The number of carbonyl (C=O) groups is 1. The third kappa shape index (κ3) is 3.92. The summed E-state index contributed by atoms with van der Waals surface area (Å²) in [5.41, 5.74) is 1.24. The fourth-order valence-corrected chi connectivity index (χ4v) is 2.09. The SMILES string of the molecule is O=C(Cc1ccc(Cl)cc1)Nc1nnc(-c2cccc(F)c2)o1. The number of anilines is 1. The molecule has 0 unspecified atom stereocenters. The maximum Gasteiger partial charge on any atom is 0.322 e. The average Bonchev–Trinajstić information content (AvgIpc) is 2.98. The van der Waals surface area contributed by atoms with Gasteiger partial charge in [0.05, 0.1) is 6.42 Å². The first-order valence-corrected chi connectivity index (χ1v) is 7.12. The molecule has 0 aliphatic carbocycles. The second kappa shape index (κ2) is 6.58. The molecule has 1 amide bonds. The molecule has 1 aromatic heterocycles. The number of aromatic nitrogens is 2. The molecule has 0 saturated carbocycles. The van der Waals surface area contributed by atoms with Crippen molar-refractivity contribution in [2.24, 2.45) is 0 Å². The molecule has 116 valence electrons. The van der Waals surface area contributed by atoms with E-state index < -0.39 is 5.82 Å². The van der Waals surface area contributed by atoms with Crippen LogP contribution in [0.5, 0.6) is 0 Å². The first-order valence-electron chi connectivity index (χ1n) is 6.74. The smallest absolute Gasteiger partial charge is 0.322 e. The standard InChI is InChI=1S/C16H11ClFN3O2/c17-12-6-4-10(5-7-12)8-14(22)19-16-21-20-15(23-16)11-2-1-3-13(18)9-11/h1-7,9H,8H2,(H,19,21,22). The Morgan fingerprint density at radius 1 is 1.17 bits per heavy atom. The molecule has 0 spiro atoms. The minimum absolute atomic E-state index is 0.0387. The van der Waals surface area contributed by atoms with Crippen LogP contribution in [0.15, 0.2) is 52.9 Å². The van der Waals surface area contributed by atoms with Gasteiger partial charge in [-0.25, -0.2) is 4.39 Å². The monoisotopic (exact) mass is 331 g/mol. The molecule has 5 nitrogen and oxygen atoms in total. The van der Waals surface area contributed by atoms with Crippen LogP contribution >= 0.6 is 11.6 Å². The number of nitrogens with one attached hydrogen (secondary N) is 1. The maximum atomic E-state index is 13.2. The highest BCUT2D eigenvalue weighted by atomic mass is 35.5. The molecule has 0 radical (unpaired) electrons. The predicted octanol–water partition coefficient (Wildman–Crippen LogP) is 3.71. The highest BCUT2D eigenvalue weighted by Gasteiger charge is 2.12. The maximum absolute atomic E-state index is 13.2. The lowest BCUT2D eigenvalue weighted by molar-refractivity contribution is -0.115. The third-order valence-electron chi connectivity index (χ3n) is 3.02. The van der Waals surface area contributed by atoms with Crippen LogP contribution in [0.3, 0.4) is 0 Å². The molecular formula is C16H11ClFN3O2. The summed E-state index contributed by atoms with van der Waals surface area (Å²) < 4.78 is 18.5.